The summed E-state index contributed by atoms with van der Waals surface area (Å²) < 4.78 is 17.7. The van der Waals surface area contributed by atoms with Gasteiger partial charge in [0.25, 0.3) is 0 Å². The standard InChI is InChI=1S/C25H22BrN3O3.ClH/c1-5-15-13-21(30-2)23(31-3)24(32-4)22(15)16-6-9-19(10-7-16)28-25-27-14-17-12-18(26)8-11-20(17)29-25;/h5-14H,1H2,2-4H3,(H,27,28,29);1H. The minimum atomic E-state index is 0. The van der Waals surface area contributed by atoms with Crippen LogP contribution in [0.5, 0.6) is 17.2 Å². The van der Waals surface area contributed by atoms with E-state index in [4.69, 9.17) is 14.2 Å². The molecular formula is C25H23BrClN3O3. The monoisotopic (exact) mass is 527 g/mol. The summed E-state index contributed by atoms with van der Waals surface area (Å²) in [5.74, 6) is 2.24. The zero-order valence-corrected chi connectivity index (χ0v) is 20.8. The lowest BCUT2D eigenvalue weighted by atomic mass is 9.97. The van der Waals surface area contributed by atoms with Crippen LogP contribution in [0.3, 0.4) is 0 Å². The number of aromatic nitrogens is 2. The van der Waals surface area contributed by atoms with Crippen molar-refractivity contribution in [1.82, 2.24) is 9.97 Å². The lowest BCUT2D eigenvalue weighted by Crippen LogP contribution is -2.00. The second-order valence-electron chi connectivity index (χ2n) is 6.91. The minimum absolute atomic E-state index is 0. The molecular weight excluding hydrogens is 506 g/mol. The Balaban J connectivity index is 0.00000306. The number of ether oxygens (including phenoxy) is 3. The number of hydrogen-bond donors (Lipinski definition) is 1. The molecule has 0 fully saturated rings. The molecule has 0 aliphatic carbocycles. The number of halogens is 2. The van der Waals surface area contributed by atoms with Crippen LogP contribution in [0, 0.1) is 0 Å². The number of fused-ring (bicyclic) bond motifs is 1. The van der Waals surface area contributed by atoms with Gasteiger partial charge in [-0.1, -0.05) is 40.7 Å². The largest absolute Gasteiger partial charge is 0.493 e. The maximum atomic E-state index is 5.69. The second kappa shape index (κ2) is 10.6. The Morgan fingerprint density at radius 2 is 1.67 bits per heavy atom. The van der Waals surface area contributed by atoms with Crippen molar-refractivity contribution in [2.24, 2.45) is 0 Å². The summed E-state index contributed by atoms with van der Waals surface area (Å²) >= 11 is 3.47. The van der Waals surface area contributed by atoms with Crippen LogP contribution in [-0.4, -0.2) is 31.3 Å². The quantitative estimate of drug-likeness (QED) is 0.282. The van der Waals surface area contributed by atoms with Gasteiger partial charge >= 0.3 is 0 Å². The highest BCUT2D eigenvalue weighted by molar-refractivity contribution is 9.10. The van der Waals surface area contributed by atoms with Gasteiger partial charge in [-0.3, -0.25) is 0 Å². The second-order valence-corrected chi connectivity index (χ2v) is 7.83. The van der Waals surface area contributed by atoms with Gasteiger partial charge in [0.05, 0.1) is 26.8 Å². The van der Waals surface area contributed by atoms with Crippen molar-refractivity contribution in [2.45, 2.75) is 0 Å². The Bertz CT molecular complexity index is 1300. The molecule has 0 bridgehead atoms. The first kappa shape index (κ1) is 24.4. The Morgan fingerprint density at radius 1 is 0.939 bits per heavy atom. The highest BCUT2D eigenvalue weighted by Crippen LogP contribution is 2.47. The molecule has 1 aromatic heterocycles. The fourth-order valence-electron chi connectivity index (χ4n) is 3.55. The third-order valence-corrected chi connectivity index (χ3v) is 5.55. The third-order valence-electron chi connectivity index (χ3n) is 5.05. The molecule has 0 radical (unpaired) electrons. The summed E-state index contributed by atoms with van der Waals surface area (Å²) in [6, 6.07) is 15.7. The number of rotatable bonds is 7. The van der Waals surface area contributed by atoms with Crippen LogP contribution in [0.1, 0.15) is 5.56 Å². The zero-order chi connectivity index (χ0) is 22.7. The van der Waals surface area contributed by atoms with E-state index >= 15 is 0 Å². The molecule has 4 aromatic rings. The topological polar surface area (TPSA) is 65.5 Å². The van der Waals surface area contributed by atoms with E-state index in [9.17, 15) is 0 Å². The summed E-state index contributed by atoms with van der Waals surface area (Å²) in [5.41, 5.74) is 4.44. The van der Waals surface area contributed by atoms with Crippen LogP contribution in [-0.2, 0) is 0 Å². The van der Waals surface area contributed by atoms with Gasteiger partial charge in [0.2, 0.25) is 11.7 Å². The maximum Gasteiger partial charge on any atom is 0.227 e. The van der Waals surface area contributed by atoms with Gasteiger partial charge in [0.15, 0.2) is 11.5 Å². The molecule has 0 aliphatic heterocycles. The lowest BCUT2D eigenvalue weighted by Gasteiger charge is -2.19. The van der Waals surface area contributed by atoms with E-state index in [1.54, 1.807) is 33.6 Å². The molecule has 0 saturated heterocycles. The van der Waals surface area contributed by atoms with Crippen molar-refractivity contribution in [1.29, 1.82) is 0 Å². The van der Waals surface area contributed by atoms with Gasteiger partial charge in [0, 0.05) is 27.3 Å². The van der Waals surface area contributed by atoms with Crippen LogP contribution in [0.25, 0.3) is 28.1 Å². The van der Waals surface area contributed by atoms with Gasteiger partial charge in [-0.2, -0.15) is 0 Å². The molecule has 0 unspecified atom stereocenters. The first-order valence-electron chi connectivity index (χ1n) is 9.83. The van der Waals surface area contributed by atoms with Gasteiger partial charge in [-0.15, -0.1) is 12.4 Å². The van der Waals surface area contributed by atoms with E-state index < -0.39 is 0 Å². The SMILES string of the molecule is C=Cc1cc(OC)c(OC)c(OC)c1-c1ccc(Nc2ncc3cc(Br)ccc3n2)cc1.Cl. The van der Waals surface area contributed by atoms with E-state index in [1.807, 2.05) is 48.5 Å². The molecule has 170 valence electrons. The third kappa shape index (κ3) is 4.89. The van der Waals surface area contributed by atoms with Crippen LogP contribution in [0.15, 0.2) is 65.8 Å². The van der Waals surface area contributed by atoms with Crippen molar-refractivity contribution in [3.8, 4) is 28.4 Å². The predicted molar refractivity (Wildman–Crippen MR) is 139 cm³/mol. The summed E-state index contributed by atoms with van der Waals surface area (Å²) in [6.45, 7) is 3.94. The van der Waals surface area contributed by atoms with Crippen LogP contribution in [0.2, 0.25) is 0 Å². The molecule has 1 heterocycles. The number of anilines is 2. The van der Waals surface area contributed by atoms with E-state index in [0.717, 1.165) is 37.8 Å². The summed E-state index contributed by atoms with van der Waals surface area (Å²) in [6.07, 6.45) is 3.57. The summed E-state index contributed by atoms with van der Waals surface area (Å²) in [4.78, 5) is 9.00. The van der Waals surface area contributed by atoms with Crippen LogP contribution < -0.4 is 19.5 Å². The lowest BCUT2D eigenvalue weighted by molar-refractivity contribution is 0.325. The van der Waals surface area contributed by atoms with Gasteiger partial charge in [0.1, 0.15) is 0 Å². The van der Waals surface area contributed by atoms with Crippen molar-refractivity contribution in [2.75, 3.05) is 26.6 Å². The molecule has 0 saturated carbocycles. The Hall–Kier alpha value is -3.29. The molecule has 6 nitrogen and oxygen atoms in total. The number of methoxy groups -OCH3 is 3. The molecule has 0 amide bonds. The fraction of sp³-hybridized carbons (Fsp3) is 0.120. The van der Waals surface area contributed by atoms with E-state index in [2.05, 4.69) is 37.8 Å². The molecule has 0 atom stereocenters. The molecule has 33 heavy (non-hydrogen) atoms. The van der Waals surface area contributed by atoms with Crippen molar-refractivity contribution in [3.63, 3.8) is 0 Å². The number of nitrogens with zero attached hydrogens (tertiary/aromatic N) is 2. The van der Waals surface area contributed by atoms with E-state index in [0.29, 0.717) is 23.2 Å². The summed E-state index contributed by atoms with van der Waals surface area (Å²) in [5, 5.41) is 4.23. The zero-order valence-electron chi connectivity index (χ0n) is 18.4. The molecule has 8 heteroatoms. The molecule has 0 aliphatic rings. The fourth-order valence-corrected chi connectivity index (χ4v) is 3.93. The van der Waals surface area contributed by atoms with Crippen molar-refractivity contribution in [3.05, 3.63) is 71.3 Å². The number of nitrogens with one attached hydrogen (secondary N) is 1. The van der Waals surface area contributed by atoms with Gasteiger partial charge in [-0.05, 0) is 47.5 Å². The molecule has 1 N–H and O–H groups in total. The summed E-state index contributed by atoms with van der Waals surface area (Å²) in [7, 11) is 4.80. The van der Waals surface area contributed by atoms with Crippen LogP contribution >= 0.6 is 28.3 Å². The number of benzene rings is 3. The average molecular weight is 529 g/mol. The molecule has 4 rings (SSSR count). The first-order chi connectivity index (χ1) is 15.6. The van der Waals surface area contributed by atoms with E-state index in [-0.39, 0.29) is 12.4 Å². The average Bonchev–Trinajstić information content (AvgIpc) is 2.83. The normalized spacial score (nSPS) is 10.3. The van der Waals surface area contributed by atoms with Crippen LogP contribution in [0.4, 0.5) is 11.6 Å². The first-order valence-corrected chi connectivity index (χ1v) is 10.6. The minimum Gasteiger partial charge on any atom is -0.493 e. The van der Waals surface area contributed by atoms with Gasteiger partial charge < -0.3 is 19.5 Å². The molecule has 3 aromatic carbocycles. The van der Waals surface area contributed by atoms with E-state index in [1.165, 1.54) is 0 Å². The Kier molecular flexibility index (Phi) is 7.79. The van der Waals surface area contributed by atoms with Crippen molar-refractivity contribution < 1.29 is 14.2 Å². The maximum absolute atomic E-state index is 5.69. The highest BCUT2D eigenvalue weighted by Gasteiger charge is 2.20. The Morgan fingerprint density at radius 3 is 2.30 bits per heavy atom. The highest BCUT2D eigenvalue weighted by atomic mass is 79.9. The molecule has 0 spiro atoms. The van der Waals surface area contributed by atoms with Gasteiger partial charge in [-0.25, -0.2) is 9.97 Å². The Labute approximate surface area is 207 Å². The smallest absolute Gasteiger partial charge is 0.227 e. The number of hydrogen-bond acceptors (Lipinski definition) is 6. The predicted octanol–water partition coefficient (Wildman–Crippen LogP) is 6.89. The van der Waals surface area contributed by atoms with Crippen molar-refractivity contribution >= 4 is 57.0 Å².